The van der Waals surface area contributed by atoms with Gasteiger partial charge >= 0.3 is 0 Å². The number of carbonyl (C=O) groups excluding carboxylic acids is 1. The van der Waals surface area contributed by atoms with Crippen LogP contribution < -0.4 is 5.73 Å². The predicted molar refractivity (Wildman–Crippen MR) is 80.1 cm³/mol. The largest absolute Gasteiger partial charge is 0.338 e. The molecule has 1 aromatic rings. The van der Waals surface area contributed by atoms with E-state index in [0.29, 0.717) is 6.42 Å². The van der Waals surface area contributed by atoms with Crippen molar-refractivity contribution in [3.05, 3.63) is 22.4 Å². The minimum atomic E-state index is -0.265. The first-order valence-electron chi connectivity index (χ1n) is 7.10. The summed E-state index contributed by atoms with van der Waals surface area (Å²) in [5.74, 6) is 0.172. The van der Waals surface area contributed by atoms with Crippen LogP contribution >= 0.6 is 11.3 Å². The molecule has 1 atom stereocenters. The van der Waals surface area contributed by atoms with Crippen LogP contribution in [0.2, 0.25) is 0 Å². The molecule has 3 nitrogen and oxygen atoms in total. The predicted octanol–water partition coefficient (Wildman–Crippen LogP) is 3.32. The first-order chi connectivity index (χ1) is 9.02. The van der Waals surface area contributed by atoms with Crippen LogP contribution in [0.25, 0.3) is 0 Å². The van der Waals surface area contributed by atoms with Gasteiger partial charge in [0.05, 0.1) is 6.04 Å². The molecule has 2 N–H and O–H groups in total. The van der Waals surface area contributed by atoms with E-state index in [1.54, 1.807) is 11.3 Å². The maximum absolute atomic E-state index is 12.4. The summed E-state index contributed by atoms with van der Waals surface area (Å²) >= 11 is 1.70. The number of hydrogen-bond acceptors (Lipinski definition) is 3. The second-order valence-electron chi connectivity index (χ2n) is 5.80. The Morgan fingerprint density at radius 3 is 2.74 bits per heavy atom. The van der Waals surface area contributed by atoms with E-state index in [-0.39, 0.29) is 17.5 Å². The molecule has 1 heterocycles. The third-order valence-corrected chi connectivity index (χ3v) is 5.32. The zero-order valence-electron chi connectivity index (χ0n) is 11.9. The second kappa shape index (κ2) is 6.06. The average molecular weight is 280 g/mol. The molecule has 0 bridgehead atoms. The Labute approximate surface area is 119 Å². The smallest absolute Gasteiger partial charge is 0.224 e. The standard InChI is InChI=1S/C15H24N2OS/c1-12(13-7-6-10-19-13)17(2)14(18)11-15(16)8-4-3-5-9-15/h6-7,10,12H,3-5,8-9,11,16H2,1-2H3. The van der Waals surface area contributed by atoms with Gasteiger partial charge in [-0.2, -0.15) is 0 Å². The van der Waals surface area contributed by atoms with Gasteiger partial charge in [-0.1, -0.05) is 25.3 Å². The van der Waals surface area contributed by atoms with Gasteiger partial charge in [-0.3, -0.25) is 4.79 Å². The Hall–Kier alpha value is -0.870. The van der Waals surface area contributed by atoms with E-state index in [4.69, 9.17) is 5.73 Å². The van der Waals surface area contributed by atoms with Crippen LogP contribution in [0.1, 0.15) is 56.4 Å². The number of carbonyl (C=O) groups is 1. The van der Waals surface area contributed by atoms with Crippen LogP contribution in [0.3, 0.4) is 0 Å². The Morgan fingerprint density at radius 1 is 1.47 bits per heavy atom. The summed E-state index contributed by atoms with van der Waals surface area (Å²) in [4.78, 5) is 15.5. The molecule has 0 aromatic carbocycles. The van der Waals surface area contributed by atoms with Gasteiger partial charge in [0, 0.05) is 23.9 Å². The summed E-state index contributed by atoms with van der Waals surface area (Å²) in [6.45, 7) is 2.08. The lowest BCUT2D eigenvalue weighted by Crippen LogP contribution is -2.46. The van der Waals surface area contributed by atoms with E-state index in [0.717, 1.165) is 25.7 Å². The van der Waals surface area contributed by atoms with Crippen molar-refractivity contribution >= 4 is 17.2 Å². The fourth-order valence-electron chi connectivity index (χ4n) is 2.79. The van der Waals surface area contributed by atoms with E-state index < -0.39 is 0 Å². The van der Waals surface area contributed by atoms with Crippen molar-refractivity contribution in [1.29, 1.82) is 0 Å². The number of nitrogens with two attached hydrogens (primary N) is 1. The number of hydrogen-bond donors (Lipinski definition) is 1. The lowest BCUT2D eigenvalue weighted by Gasteiger charge is -2.35. The molecule has 1 aliphatic carbocycles. The fourth-order valence-corrected chi connectivity index (χ4v) is 3.62. The second-order valence-corrected chi connectivity index (χ2v) is 6.78. The fraction of sp³-hybridized carbons (Fsp3) is 0.667. The van der Waals surface area contributed by atoms with Gasteiger partial charge in [0.2, 0.25) is 5.91 Å². The van der Waals surface area contributed by atoms with E-state index >= 15 is 0 Å². The summed E-state index contributed by atoms with van der Waals surface area (Å²) < 4.78 is 0. The molecule has 1 unspecified atom stereocenters. The van der Waals surface area contributed by atoms with Gasteiger partial charge in [0.15, 0.2) is 0 Å². The highest BCUT2D eigenvalue weighted by Crippen LogP contribution is 2.31. The minimum Gasteiger partial charge on any atom is -0.338 e. The van der Waals surface area contributed by atoms with E-state index in [1.807, 2.05) is 18.0 Å². The van der Waals surface area contributed by atoms with E-state index in [1.165, 1.54) is 11.3 Å². The normalized spacial score (nSPS) is 19.9. The van der Waals surface area contributed by atoms with Crippen molar-refractivity contribution in [2.24, 2.45) is 5.73 Å². The Bertz CT molecular complexity index is 410. The molecule has 0 aliphatic heterocycles. The molecule has 4 heteroatoms. The SMILES string of the molecule is CC(c1cccs1)N(C)C(=O)CC1(N)CCCCC1. The molecule has 1 aromatic heterocycles. The number of nitrogens with zero attached hydrogens (tertiary/aromatic N) is 1. The first kappa shape index (κ1) is 14.5. The highest BCUT2D eigenvalue weighted by Gasteiger charge is 2.32. The number of amides is 1. The van der Waals surface area contributed by atoms with Crippen LogP contribution in [-0.2, 0) is 4.79 Å². The summed E-state index contributed by atoms with van der Waals surface area (Å²) in [6.07, 6.45) is 6.04. The van der Waals surface area contributed by atoms with Crippen LogP contribution in [0, 0.1) is 0 Å². The maximum Gasteiger partial charge on any atom is 0.224 e. The van der Waals surface area contributed by atoms with Crippen molar-refractivity contribution in [2.45, 2.75) is 57.0 Å². The van der Waals surface area contributed by atoms with Gasteiger partial charge in [0.25, 0.3) is 0 Å². The summed E-state index contributed by atoms with van der Waals surface area (Å²) in [7, 11) is 1.89. The summed E-state index contributed by atoms with van der Waals surface area (Å²) in [6, 6.07) is 4.25. The van der Waals surface area contributed by atoms with Crippen molar-refractivity contribution < 1.29 is 4.79 Å². The quantitative estimate of drug-likeness (QED) is 0.919. The third kappa shape index (κ3) is 3.57. The summed E-state index contributed by atoms with van der Waals surface area (Å²) in [5.41, 5.74) is 6.11. The lowest BCUT2D eigenvalue weighted by molar-refractivity contribution is -0.133. The number of thiophene rings is 1. The van der Waals surface area contributed by atoms with Gasteiger partial charge in [-0.25, -0.2) is 0 Å². The molecule has 0 spiro atoms. The molecule has 19 heavy (non-hydrogen) atoms. The molecule has 1 fully saturated rings. The molecular weight excluding hydrogens is 256 g/mol. The summed E-state index contributed by atoms with van der Waals surface area (Å²) in [5, 5.41) is 2.05. The van der Waals surface area contributed by atoms with Crippen molar-refractivity contribution in [1.82, 2.24) is 4.90 Å². The highest BCUT2D eigenvalue weighted by atomic mass is 32.1. The van der Waals surface area contributed by atoms with Crippen LogP contribution in [0.5, 0.6) is 0 Å². The average Bonchev–Trinajstić information content (AvgIpc) is 2.91. The van der Waals surface area contributed by atoms with Crippen LogP contribution in [-0.4, -0.2) is 23.4 Å². The topological polar surface area (TPSA) is 46.3 Å². The van der Waals surface area contributed by atoms with Crippen molar-refractivity contribution in [3.63, 3.8) is 0 Å². The van der Waals surface area contributed by atoms with E-state index in [2.05, 4.69) is 18.4 Å². The van der Waals surface area contributed by atoms with Gasteiger partial charge in [-0.05, 0) is 31.2 Å². The van der Waals surface area contributed by atoms with Crippen molar-refractivity contribution in [3.8, 4) is 0 Å². The molecule has 0 saturated heterocycles. The van der Waals surface area contributed by atoms with Gasteiger partial charge < -0.3 is 10.6 Å². The molecule has 2 rings (SSSR count). The number of rotatable bonds is 4. The molecule has 0 radical (unpaired) electrons. The monoisotopic (exact) mass is 280 g/mol. The van der Waals surface area contributed by atoms with Crippen LogP contribution in [0.4, 0.5) is 0 Å². The third-order valence-electron chi connectivity index (χ3n) is 4.28. The first-order valence-corrected chi connectivity index (χ1v) is 7.98. The van der Waals surface area contributed by atoms with Crippen LogP contribution in [0.15, 0.2) is 17.5 Å². The molecule has 1 saturated carbocycles. The maximum atomic E-state index is 12.4. The minimum absolute atomic E-state index is 0.139. The highest BCUT2D eigenvalue weighted by molar-refractivity contribution is 7.10. The zero-order chi connectivity index (χ0) is 13.9. The van der Waals surface area contributed by atoms with Gasteiger partial charge in [-0.15, -0.1) is 11.3 Å². The molecular formula is C15H24N2OS. The zero-order valence-corrected chi connectivity index (χ0v) is 12.7. The lowest BCUT2D eigenvalue weighted by atomic mass is 9.80. The van der Waals surface area contributed by atoms with Crippen molar-refractivity contribution in [2.75, 3.05) is 7.05 Å². The molecule has 1 aliphatic rings. The Kier molecular flexibility index (Phi) is 4.63. The molecule has 106 valence electrons. The Balaban J connectivity index is 1.95. The van der Waals surface area contributed by atoms with E-state index in [9.17, 15) is 4.79 Å². The molecule has 1 amide bonds. The van der Waals surface area contributed by atoms with Gasteiger partial charge in [0.1, 0.15) is 0 Å². The Morgan fingerprint density at radius 2 is 2.16 bits per heavy atom.